The second-order valence-corrected chi connectivity index (χ2v) is 11.0. The fourth-order valence-electron chi connectivity index (χ4n) is 4.48. The van der Waals surface area contributed by atoms with Crippen molar-refractivity contribution in [2.45, 2.75) is 64.5 Å². The van der Waals surface area contributed by atoms with Crippen molar-refractivity contribution >= 4 is 30.6 Å². The van der Waals surface area contributed by atoms with Gasteiger partial charge >= 0.3 is 7.05 Å². The lowest BCUT2D eigenvalue weighted by Crippen LogP contribution is -2.60. The standard InChI is InChI=1S/C30H41BN6O4/c1-30(2,35-31(3)41)29(40)33-25(17-11-14-22-12-7-6-8-13-22)28(39)34-26-20-37(21-32-26)19-24-16-10-9-15-23(24)18-27(38)36(4)5/h6-10,12-13,15-16,20-21,25,35,41H,11,14,17-19H2,1-5H3,(H,33,40)(H,34,39). The van der Waals surface area contributed by atoms with Crippen molar-refractivity contribution in [2.75, 3.05) is 19.4 Å². The monoisotopic (exact) mass is 560 g/mol. The SMILES string of the molecule is CB(O)NC(C)(C)C(=O)NC(CCCc1ccccc1)C(=O)Nc1cn(Cc2ccccc2CC(=O)N(C)C)cn1. The van der Waals surface area contributed by atoms with E-state index in [4.69, 9.17) is 0 Å². The maximum Gasteiger partial charge on any atom is 0.374 e. The third-order valence-electron chi connectivity index (χ3n) is 6.76. The first-order valence-electron chi connectivity index (χ1n) is 13.8. The third kappa shape index (κ3) is 9.87. The molecule has 4 N–H and O–H groups in total. The fraction of sp³-hybridized carbons (Fsp3) is 0.400. The van der Waals surface area contributed by atoms with Crippen molar-refractivity contribution in [2.24, 2.45) is 0 Å². The Morgan fingerprint density at radius 2 is 1.71 bits per heavy atom. The van der Waals surface area contributed by atoms with Crippen LogP contribution in [0.2, 0.25) is 6.82 Å². The van der Waals surface area contributed by atoms with Crippen LogP contribution < -0.4 is 15.9 Å². The van der Waals surface area contributed by atoms with Crippen LogP contribution in [0, 0.1) is 0 Å². The molecule has 1 heterocycles. The molecular formula is C30H41BN6O4. The average molecular weight is 561 g/mol. The highest BCUT2D eigenvalue weighted by Crippen LogP contribution is 2.15. The lowest BCUT2D eigenvalue weighted by molar-refractivity contribution is -0.130. The Morgan fingerprint density at radius 1 is 1.05 bits per heavy atom. The number of amides is 3. The van der Waals surface area contributed by atoms with Crippen molar-refractivity contribution in [1.82, 2.24) is 25.0 Å². The molecule has 3 amide bonds. The zero-order valence-electron chi connectivity index (χ0n) is 24.6. The summed E-state index contributed by atoms with van der Waals surface area (Å²) < 4.78 is 1.84. The molecule has 1 atom stereocenters. The number of nitrogens with one attached hydrogen (secondary N) is 3. The number of aromatic nitrogens is 2. The van der Waals surface area contributed by atoms with Crippen LogP contribution >= 0.6 is 0 Å². The second kappa shape index (κ2) is 14.6. The van der Waals surface area contributed by atoms with E-state index in [0.717, 1.165) is 23.1 Å². The van der Waals surface area contributed by atoms with Crippen LogP contribution in [-0.2, 0) is 33.8 Å². The van der Waals surface area contributed by atoms with Crippen LogP contribution in [-0.4, -0.2) is 69.9 Å². The lowest BCUT2D eigenvalue weighted by Gasteiger charge is -2.28. The highest BCUT2D eigenvalue weighted by atomic mass is 16.2. The van der Waals surface area contributed by atoms with Gasteiger partial charge in [-0.15, -0.1) is 0 Å². The van der Waals surface area contributed by atoms with E-state index < -0.39 is 24.5 Å². The van der Waals surface area contributed by atoms with Gasteiger partial charge in [0.05, 0.1) is 18.3 Å². The van der Waals surface area contributed by atoms with E-state index >= 15 is 0 Å². The normalized spacial score (nSPS) is 12.0. The maximum absolute atomic E-state index is 13.4. The summed E-state index contributed by atoms with van der Waals surface area (Å²) in [5, 5.41) is 18.2. The number of rotatable bonds is 14. The van der Waals surface area contributed by atoms with E-state index in [-0.39, 0.29) is 11.8 Å². The number of carbonyl (C=O) groups is 3. The number of nitrogens with zero attached hydrogens (tertiary/aromatic N) is 3. The maximum atomic E-state index is 13.4. The zero-order chi connectivity index (χ0) is 30.0. The highest BCUT2D eigenvalue weighted by Gasteiger charge is 2.33. The number of hydrogen-bond acceptors (Lipinski definition) is 6. The molecule has 0 fully saturated rings. The first-order chi connectivity index (χ1) is 19.4. The quantitative estimate of drug-likeness (QED) is 0.224. The smallest absolute Gasteiger partial charge is 0.374 e. The van der Waals surface area contributed by atoms with Gasteiger partial charge in [0.2, 0.25) is 17.7 Å². The fourth-order valence-corrected chi connectivity index (χ4v) is 4.48. The van der Waals surface area contributed by atoms with Crippen LogP contribution in [0.3, 0.4) is 0 Å². The average Bonchev–Trinajstić information content (AvgIpc) is 3.35. The van der Waals surface area contributed by atoms with E-state index in [1.165, 1.54) is 6.82 Å². The lowest BCUT2D eigenvalue weighted by atomic mass is 9.83. The molecule has 218 valence electrons. The van der Waals surface area contributed by atoms with Crippen molar-refractivity contribution in [1.29, 1.82) is 0 Å². The minimum absolute atomic E-state index is 0.0169. The van der Waals surface area contributed by atoms with Gasteiger partial charge in [0.25, 0.3) is 0 Å². The Balaban J connectivity index is 1.69. The third-order valence-corrected chi connectivity index (χ3v) is 6.76. The van der Waals surface area contributed by atoms with Gasteiger partial charge in [-0.1, -0.05) is 54.6 Å². The topological polar surface area (TPSA) is 129 Å². The van der Waals surface area contributed by atoms with Gasteiger partial charge in [-0.3, -0.25) is 14.4 Å². The Kier molecular flexibility index (Phi) is 11.3. The first-order valence-corrected chi connectivity index (χ1v) is 13.8. The van der Waals surface area contributed by atoms with Gasteiger partial charge < -0.3 is 30.4 Å². The minimum atomic E-state index is -1.09. The molecule has 0 saturated carbocycles. The molecule has 0 radical (unpaired) electrons. The van der Waals surface area contributed by atoms with Crippen molar-refractivity contribution < 1.29 is 19.4 Å². The number of benzene rings is 2. The van der Waals surface area contributed by atoms with Gasteiger partial charge in [0, 0.05) is 26.8 Å². The van der Waals surface area contributed by atoms with Crippen LogP contribution in [0.15, 0.2) is 67.1 Å². The van der Waals surface area contributed by atoms with E-state index in [2.05, 4.69) is 20.8 Å². The summed E-state index contributed by atoms with van der Waals surface area (Å²) in [6.45, 7) is 5.32. The van der Waals surface area contributed by atoms with Crippen molar-refractivity contribution in [3.05, 3.63) is 83.8 Å². The molecule has 3 rings (SSSR count). The molecule has 0 bridgehead atoms. The van der Waals surface area contributed by atoms with Crippen LogP contribution in [0.25, 0.3) is 0 Å². The molecule has 41 heavy (non-hydrogen) atoms. The zero-order valence-corrected chi connectivity index (χ0v) is 24.6. The predicted octanol–water partition coefficient (Wildman–Crippen LogP) is 2.49. The number of carbonyl (C=O) groups excluding carboxylic acids is 3. The number of imidazole rings is 1. The van der Waals surface area contributed by atoms with Crippen molar-refractivity contribution in [3.63, 3.8) is 0 Å². The summed E-state index contributed by atoms with van der Waals surface area (Å²) >= 11 is 0. The van der Waals surface area contributed by atoms with Gasteiger partial charge in [-0.2, -0.15) is 0 Å². The molecule has 0 aliphatic heterocycles. The Labute approximate surface area is 242 Å². The molecule has 1 unspecified atom stereocenters. The second-order valence-electron chi connectivity index (χ2n) is 11.0. The minimum Gasteiger partial charge on any atom is -0.437 e. The molecule has 1 aromatic heterocycles. The predicted molar refractivity (Wildman–Crippen MR) is 161 cm³/mol. The molecule has 11 heteroatoms. The van der Waals surface area contributed by atoms with Crippen LogP contribution in [0.5, 0.6) is 0 Å². The van der Waals surface area contributed by atoms with Crippen LogP contribution in [0.1, 0.15) is 43.4 Å². The summed E-state index contributed by atoms with van der Waals surface area (Å²) in [4.78, 5) is 44.6. The van der Waals surface area contributed by atoms with Gasteiger partial charge in [0.1, 0.15) is 6.04 Å². The molecule has 0 spiro atoms. The largest absolute Gasteiger partial charge is 0.437 e. The number of likely N-dealkylation sites (N-methyl/N-ethyl adjacent to an activating group) is 1. The molecule has 0 saturated heterocycles. The molecule has 2 aromatic carbocycles. The summed E-state index contributed by atoms with van der Waals surface area (Å²) in [6.07, 6.45) is 5.52. The Morgan fingerprint density at radius 3 is 2.37 bits per heavy atom. The molecule has 0 aliphatic rings. The number of aryl methyl sites for hydroxylation is 1. The Hall–Kier alpha value is -3.96. The number of anilines is 1. The molecule has 3 aromatic rings. The summed E-state index contributed by atoms with van der Waals surface area (Å²) in [6, 6.07) is 16.9. The van der Waals surface area contributed by atoms with E-state index in [9.17, 15) is 19.4 Å². The summed E-state index contributed by atoms with van der Waals surface area (Å²) in [5.41, 5.74) is 1.98. The van der Waals surface area contributed by atoms with Crippen molar-refractivity contribution in [3.8, 4) is 0 Å². The molecule has 10 nitrogen and oxygen atoms in total. The molecular weight excluding hydrogens is 519 g/mol. The van der Waals surface area contributed by atoms with E-state index in [1.54, 1.807) is 45.4 Å². The van der Waals surface area contributed by atoms with E-state index in [1.807, 2.05) is 59.2 Å². The van der Waals surface area contributed by atoms with Gasteiger partial charge in [0.15, 0.2) is 5.82 Å². The number of hydrogen-bond donors (Lipinski definition) is 4. The first kappa shape index (κ1) is 31.6. The highest BCUT2D eigenvalue weighted by molar-refractivity contribution is 6.46. The van der Waals surface area contributed by atoms with Gasteiger partial charge in [-0.25, -0.2) is 4.98 Å². The molecule has 0 aliphatic carbocycles. The van der Waals surface area contributed by atoms with Gasteiger partial charge in [-0.05, 0) is 56.6 Å². The summed E-state index contributed by atoms with van der Waals surface area (Å²) in [5.74, 6) is -0.391. The van der Waals surface area contributed by atoms with E-state index in [0.29, 0.717) is 31.6 Å². The summed E-state index contributed by atoms with van der Waals surface area (Å²) in [7, 11) is 2.58. The van der Waals surface area contributed by atoms with Crippen LogP contribution in [0.4, 0.5) is 5.82 Å². The Bertz CT molecular complexity index is 1310.